The molecule has 8 nitrogen and oxygen atoms in total. The minimum atomic E-state index is -4.30. The van der Waals surface area contributed by atoms with Crippen LogP contribution in [0.3, 0.4) is 0 Å². The molecule has 1 N–H and O–H groups in total. The summed E-state index contributed by atoms with van der Waals surface area (Å²) in [5, 5.41) is 2.61. The van der Waals surface area contributed by atoms with Gasteiger partial charge >= 0.3 is 0 Å². The molecular formula is C34H36FN3O5S. The van der Waals surface area contributed by atoms with E-state index in [1.165, 1.54) is 42.3 Å². The Morgan fingerprint density at radius 1 is 0.886 bits per heavy atom. The second-order valence-electron chi connectivity index (χ2n) is 10.2. The molecule has 1 atom stereocenters. The molecule has 4 rings (SSSR count). The van der Waals surface area contributed by atoms with Gasteiger partial charge in [-0.3, -0.25) is 13.9 Å². The number of anilines is 1. The topological polar surface area (TPSA) is 96.0 Å². The Bertz CT molecular complexity index is 1680. The van der Waals surface area contributed by atoms with Crippen LogP contribution in [-0.2, 0) is 32.6 Å². The maximum absolute atomic E-state index is 14.9. The Hall–Kier alpha value is -4.70. The van der Waals surface area contributed by atoms with Crippen molar-refractivity contribution < 1.29 is 27.1 Å². The van der Waals surface area contributed by atoms with Crippen LogP contribution < -0.4 is 14.4 Å². The molecule has 4 aromatic rings. The number of sulfonamides is 1. The van der Waals surface area contributed by atoms with Gasteiger partial charge in [0.15, 0.2) is 0 Å². The molecule has 1 unspecified atom stereocenters. The van der Waals surface area contributed by atoms with Gasteiger partial charge in [-0.1, -0.05) is 78.4 Å². The highest BCUT2D eigenvalue weighted by molar-refractivity contribution is 7.92. The van der Waals surface area contributed by atoms with E-state index in [9.17, 15) is 22.4 Å². The summed E-state index contributed by atoms with van der Waals surface area (Å²) in [5.74, 6) is -1.45. The molecule has 0 aliphatic carbocycles. The molecule has 0 aromatic heterocycles. The van der Waals surface area contributed by atoms with Crippen molar-refractivity contribution >= 4 is 27.5 Å². The SMILES string of the molecule is CCOc1ccccc1N(CC(=O)N(Cc1ccccc1F)C(Cc1ccccc1)C(=O)NC)S(=O)(=O)c1ccc(C)cc1. The number of halogens is 1. The molecule has 0 bridgehead atoms. The predicted molar refractivity (Wildman–Crippen MR) is 168 cm³/mol. The second-order valence-corrected chi connectivity index (χ2v) is 12.0. The Labute approximate surface area is 258 Å². The van der Waals surface area contributed by atoms with Gasteiger partial charge in [-0.05, 0) is 49.7 Å². The van der Waals surface area contributed by atoms with E-state index in [1.54, 1.807) is 49.4 Å². The van der Waals surface area contributed by atoms with Gasteiger partial charge in [0.2, 0.25) is 11.8 Å². The highest BCUT2D eigenvalue weighted by atomic mass is 32.2. The third kappa shape index (κ3) is 7.62. The molecule has 0 saturated carbocycles. The van der Waals surface area contributed by atoms with Crippen LogP contribution in [0.5, 0.6) is 5.75 Å². The summed E-state index contributed by atoms with van der Waals surface area (Å²) < 4.78 is 50.0. The number of carbonyl (C=O) groups is 2. The van der Waals surface area contributed by atoms with E-state index in [0.717, 1.165) is 15.4 Å². The maximum Gasteiger partial charge on any atom is 0.264 e. The smallest absolute Gasteiger partial charge is 0.264 e. The lowest BCUT2D eigenvalue weighted by atomic mass is 10.0. The number of aryl methyl sites for hydroxylation is 1. The molecule has 230 valence electrons. The van der Waals surface area contributed by atoms with Crippen molar-refractivity contribution in [3.63, 3.8) is 0 Å². The Morgan fingerprint density at radius 2 is 1.52 bits per heavy atom. The molecule has 0 heterocycles. The summed E-state index contributed by atoms with van der Waals surface area (Å²) in [7, 11) is -2.84. The Balaban J connectivity index is 1.83. The van der Waals surface area contributed by atoms with Crippen molar-refractivity contribution in [2.24, 2.45) is 0 Å². The molecule has 0 radical (unpaired) electrons. The fourth-order valence-electron chi connectivity index (χ4n) is 4.82. The van der Waals surface area contributed by atoms with Crippen molar-refractivity contribution in [1.82, 2.24) is 10.2 Å². The highest BCUT2D eigenvalue weighted by Gasteiger charge is 2.35. The van der Waals surface area contributed by atoms with Gasteiger partial charge < -0.3 is 15.0 Å². The minimum absolute atomic E-state index is 0.0185. The molecule has 4 aromatic carbocycles. The molecule has 0 fully saturated rings. The van der Waals surface area contributed by atoms with Gasteiger partial charge in [-0.15, -0.1) is 0 Å². The largest absolute Gasteiger partial charge is 0.492 e. The van der Waals surface area contributed by atoms with Crippen LogP contribution in [-0.4, -0.2) is 51.4 Å². The number of carbonyl (C=O) groups excluding carboxylic acids is 2. The number of hydrogen-bond donors (Lipinski definition) is 1. The standard InChI is InChI=1S/C34H36FN3O5S/c1-4-43-32-17-11-10-16-30(32)38(44(41,42)28-20-18-25(2)19-21-28)24-33(39)37(23-27-14-8-9-15-29(27)35)31(34(40)36-3)22-26-12-6-5-7-13-26/h5-21,31H,4,22-24H2,1-3H3,(H,36,40). The van der Waals surface area contributed by atoms with Gasteiger partial charge in [0.05, 0.1) is 17.2 Å². The van der Waals surface area contributed by atoms with Crippen molar-refractivity contribution in [1.29, 1.82) is 0 Å². The number of likely N-dealkylation sites (N-methyl/N-ethyl adjacent to an activating group) is 1. The van der Waals surface area contributed by atoms with Crippen LogP contribution in [0.15, 0.2) is 108 Å². The fourth-order valence-corrected chi connectivity index (χ4v) is 6.25. The number of nitrogens with zero attached hydrogens (tertiary/aromatic N) is 2. The second kappa shape index (κ2) is 14.7. The average molecular weight is 618 g/mol. The normalized spacial score (nSPS) is 11.8. The number of ether oxygens (including phenoxy) is 1. The van der Waals surface area contributed by atoms with Gasteiger partial charge in [0.25, 0.3) is 10.0 Å². The van der Waals surface area contributed by atoms with E-state index in [0.29, 0.717) is 0 Å². The summed E-state index contributed by atoms with van der Waals surface area (Å²) in [6, 6.07) is 26.9. The van der Waals surface area contributed by atoms with Crippen molar-refractivity contribution in [3.8, 4) is 5.75 Å². The third-order valence-electron chi connectivity index (χ3n) is 7.14. The fraction of sp³-hybridized carbons (Fsp3) is 0.235. The van der Waals surface area contributed by atoms with E-state index in [1.807, 2.05) is 37.3 Å². The lowest BCUT2D eigenvalue weighted by molar-refractivity contribution is -0.139. The van der Waals surface area contributed by atoms with Crippen LogP contribution in [0.4, 0.5) is 10.1 Å². The lowest BCUT2D eigenvalue weighted by Gasteiger charge is -2.34. The molecule has 44 heavy (non-hydrogen) atoms. The number of amides is 2. The monoisotopic (exact) mass is 617 g/mol. The van der Waals surface area contributed by atoms with Gasteiger partial charge in [0.1, 0.15) is 24.2 Å². The summed E-state index contributed by atoms with van der Waals surface area (Å²) in [6.45, 7) is 2.94. The van der Waals surface area contributed by atoms with Crippen LogP contribution in [0.25, 0.3) is 0 Å². The van der Waals surface area contributed by atoms with E-state index in [4.69, 9.17) is 4.74 Å². The number of benzene rings is 4. The van der Waals surface area contributed by atoms with Crippen molar-refractivity contribution in [2.45, 2.75) is 37.8 Å². The first kappa shape index (κ1) is 32.2. The number of nitrogens with one attached hydrogen (secondary N) is 1. The van der Waals surface area contributed by atoms with Crippen LogP contribution in [0.1, 0.15) is 23.6 Å². The predicted octanol–water partition coefficient (Wildman–Crippen LogP) is 5.11. The molecule has 0 saturated heterocycles. The summed E-state index contributed by atoms with van der Waals surface area (Å²) in [4.78, 5) is 28.9. The maximum atomic E-state index is 14.9. The van der Waals surface area contributed by atoms with Gasteiger partial charge in [-0.25, -0.2) is 12.8 Å². The number of hydrogen-bond acceptors (Lipinski definition) is 5. The van der Waals surface area contributed by atoms with Crippen LogP contribution >= 0.6 is 0 Å². The zero-order chi connectivity index (χ0) is 31.7. The van der Waals surface area contributed by atoms with Gasteiger partial charge in [0, 0.05) is 25.6 Å². The van der Waals surface area contributed by atoms with Crippen molar-refractivity contribution in [3.05, 3.63) is 126 Å². The molecule has 0 aliphatic rings. The summed E-state index contributed by atoms with van der Waals surface area (Å²) >= 11 is 0. The first-order valence-electron chi connectivity index (χ1n) is 14.2. The highest BCUT2D eigenvalue weighted by Crippen LogP contribution is 2.33. The first-order valence-corrected chi connectivity index (χ1v) is 15.7. The molecule has 2 amide bonds. The molecular weight excluding hydrogens is 581 g/mol. The quantitative estimate of drug-likeness (QED) is 0.225. The first-order chi connectivity index (χ1) is 21.1. The summed E-state index contributed by atoms with van der Waals surface area (Å²) in [5.41, 5.74) is 1.99. The minimum Gasteiger partial charge on any atom is -0.492 e. The zero-order valence-electron chi connectivity index (χ0n) is 24.9. The Kier molecular flexibility index (Phi) is 10.7. The lowest BCUT2D eigenvalue weighted by Crippen LogP contribution is -2.53. The zero-order valence-corrected chi connectivity index (χ0v) is 25.8. The van der Waals surface area contributed by atoms with Crippen LogP contribution in [0, 0.1) is 12.7 Å². The van der Waals surface area contributed by atoms with Crippen molar-refractivity contribution in [2.75, 3.05) is 24.5 Å². The third-order valence-corrected chi connectivity index (χ3v) is 8.91. The summed E-state index contributed by atoms with van der Waals surface area (Å²) in [6.07, 6.45) is 0.126. The Morgan fingerprint density at radius 3 is 2.18 bits per heavy atom. The molecule has 10 heteroatoms. The molecule has 0 aliphatic heterocycles. The van der Waals surface area contributed by atoms with E-state index in [2.05, 4.69) is 5.32 Å². The van der Waals surface area contributed by atoms with E-state index < -0.39 is 40.2 Å². The molecule has 0 spiro atoms. The average Bonchev–Trinajstić information content (AvgIpc) is 3.03. The van der Waals surface area contributed by atoms with Gasteiger partial charge in [-0.2, -0.15) is 0 Å². The van der Waals surface area contributed by atoms with Crippen LogP contribution in [0.2, 0.25) is 0 Å². The number of para-hydroxylation sites is 2. The number of rotatable bonds is 13. The van der Waals surface area contributed by atoms with E-state index in [-0.39, 0.29) is 41.5 Å². The van der Waals surface area contributed by atoms with E-state index >= 15 is 0 Å².